The highest BCUT2D eigenvalue weighted by molar-refractivity contribution is 5.24. The number of aromatic nitrogens is 2. The molecule has 2 N–H and O–H groups in total. The van der Waals surface area contributed by atoms with Gasteiger partial charge in [-0.15, -0.1) is 0 Å². The van der Waals surface area contributed by atoms with E-state index in [0.717, 1.165) is 17.4 Å². The first-order valence-electron chi connectivity index (χ1n) is 5.99. The van der Waals surface area contributed by atoms with Gasteiger partial charge in [0, 0.05) is 18.2 Å². The Labute approximate surface area is 95.8 Å². The molecule has 2 aliphatic rings. The molecule has 0 spiro atoms. The fourth-order valence-corrected chi connectivity index (χ4v) is 3.07. The van der Waals surface area contributed by atoms with Crippen LogP contribution in [0.1, 0.15) is 36.0 Å². The summed E-state index contributed by atoms with van der Waals surface area (Å²) in [6.07, 6.45) is 7.28. The van der Waals surface area contributed by atoms with Crippen molar-refractivity contribution in [2.45, 2.75) is 32.2 Å². The van der Waals surface area contributed by atoms with Crippen LogP contribution in [0.15, 0.2) is 18.2 Å². The van der Waals surface area contributed by atoms with Gasteiger partial charge < -0.3 is 5.73 Å². The maximum Gasteiger partial charge on any atom is 0.125 e. The van der Waals surface area contributed by atoms with Gasteiger partial charge >= 0.3 is 0 Å². The number of fused-ring (bicyclic) bond motifs is 2. The number of hydrogen-bond acceptors (Lipinski definition) is 3. The van der Waals surface area contributed by atoms with E-state index in [0.29, 0.717) is 18.4 Å². The number of rotatable bonds is 2. The lowest BCUT2D eigenvalue weighted by Gasteiger charge is -2.18. The maximum absolute atomic E-state index is 5.66. The highest BCUT2D eigenvalue weighted by atomic mass is 14.9. The summed E-state index contributed by atoms with van der Waals surface area (Å²) in [5.74, 6) is 2.93. The normalized spacial score (nSPS) is 31.2. The molecule has 1 saturated carbocycles. The molecule has 3 rings (SSSR count). The molecule has 1 aromatic heterocycles. The highest BCUT2D eigenvalue weighted by Gasteiger charge is 2.37. The molecule has 3 nitrogen and oxygen atoms in total. The zero-order valence-corrected chi connectivity index (χ0v) is 9.56. The summed E-state index contributed by atoms with van der Waals surface area (Å²) in [5.41, 5.74) is 7.82. The Kier molecular flexibility index (Phi) is 2.28. The first-order valence-corrected chi connectivity index (χ1v) is 5.99. The van der Waals surface area contributed by atoms with Crippen LogP contribution in [0.2, 0.25) is 0 Å². The molecular weight excluding hydrogens is 198 g/mol. The first-order chi connectivity index (χ1) is 7.76. The quantitative estimate of drug-likeness (QED) is 0.767. The standard InChI is InChI=1S/C13H17N3/c1-8-15-11(7-14)6-13(16-8)12-5-9-2-3-10(12)4-9/h2-3,6,9-10,12H,4-5,7,14H2,1H3/t9-,10-,12+/m0/s1. The van der Waals surface area contributed by atoms with E-state index in [9.17, 15) is 0 Å². The molecule has 0 aliphatic heterocycles. The van der Waals surface area contributed by atoms with E-state index in [4.69, 9.17) is 5.73 Å². The summed E-state index contributed by atoms with van der Waals surface area (Å²) in [5, 5.41) is 0. The summed E-state index contributed by atoms with van der Waals surface area (Å²) in [7, 11) is 0. The Bertz CT molecular complexity index is 439. The van der Waals surface area contributed by atoms with Crippen LogP contribution in [0.3, 0.4) is 0 Å². The monoisotopic (exact) mass is 215 g/mol. The number of hydrogen-bond donors (Lipinski definition) is 1. The third-order valence-electron chi connectivity index (χ3n) is 3.78. The van der Waals surface area contributed by atoms with E-state index >= 15 is 0 Å². The van der Waals surface area contributed by atoms with Crippen LogP contribution in [0.25, 0.3) is 0 Å². The van der Waals surface area contributed by atoms with Crippen molar-refractivity contribution in [1.82, 2.24) is 9.97 Å². The van der Waals surface area contributed by atoms with Gasteiger partial charge in [-0.2, -0.15) is 0 Å². The molecule has 16 heavy (non-hydrogen) atoms. The lowest BCUT2D eigenvalue weighted by Crippen LogP contribution is -2.11. The van der Waals surface area contributed by atoms with Crippen LogP contribution < -0.4 is 5.73 Å². The third-order valence-corrected chi connectivity index (χ3v) is 3.78. The van der Waals surface area contributed by atoms with Crippen molar-refractivity contribution in [3.05, 3.63) is 35.4 Å². The van der Waals surface area contributed by atoms with E-state index in [1.165, 1.54) is 18.5 Å². The molecule has 84 valence electrons. The summed E-state index contributed by atoms with van der Waals surface area (Å²) < 4.78 is 0. The Morgan fingerprint density at radius 2 is 2.19 bits per heavy atom. The zero-order valence-electron chi connectivity index (χ0n) is 9.56. The molecule has 1 heterocycles. The summed E-state index contributed by atoms with van der Waals surface area (Å²) in [6, 6.07) is 2.09. The lowest BCUT2D eigenvalue weighted by atomic mass is 9.90. The molecule has 0 radical (unpaired) electrons. The van der Waals surface area contributed by atoms with Gasteiger partial charge in [-0.1, -0.05) is 12.2 Å². The molecule has 0 aromatic carbocycles. The molecule has 0 unspecified atom stereocenters. The van der Waals surface area contributed by atoms with Gasteiger partial charge in [0.05, 0.1) is 5.69 Å². The zero-order chi connectivity index (χ0) is 11.1. The molecule has 1 fully saturated rings. The lowest BCUT2D eigenvalue weighted by molar-refractivity contribution is 0.565. The predicted octanol–water partition coefficient (Wildman–Crippen LogP) is 1.92. The molecule has 0 amide bonds. The molecule has 3 atom stereocenters. The van der Waals surface area contributed by atoms with Crippen LogP contribution in [0.4, 0.5) is 0 Å². The summed E-state index contributed by atoms with van der Waals surface area (Å²) in [6.45, 7) is 2.46. The van der Waals surface area contributed by atoms with Crippen LogP contribution in [-0.2, 0) is 6.54 Å². The van der Waals surface area contributed by atoms with Gasteiger partial charge in [0.1, 0.15) is 5.82 Å². The van der Waals surface area contributed by atoms with E-state index in [1.54, 1.807) is 0 Å². The van der Waals surface area contributed by atoms with Gasteiger partial charge in [-0.3, -0.25) is 0 Å². The fourth-order valence-electron chi connectivity index (χ4n) is 3.07. The van der Waals surface area contributed by atoms with E-state index in [-0.39, 0.29) is 0 Å². The first kappa shape index (κ1) is 9.97. The Morgan fingerprint density at radius 3 is 2.81 bits per heavy atom. The smallest absolute Gasteiger partial charge is 0.125 e. The maximum atomic E-state index is 5.66. The van der Waals surface area contributed by atoms with Crippen molar-refractivity contribution in [1.29, 1.82) is 0 Å². The summed E-state index contributed by atoms with van der Waals surface area (Å²) in [4.78, 5) is 8.91. The van der Waals surface area contributed by atoms with E-state index in [1.807, 2.05) is 6.92 Å². The summed E-state index contributed by atoms with van der Waals surface area (Å²) >= 11 is 0. The molecule has 2 aliphatic carbocycles. The van der Waals surface area contributed by atoms with Crippen molar-refractivity contribution in [3.8, 4) is 0 Å². The van der Waals surface area contributed by atoms with Crippen LogP contribution in [0.5, 0.6) is 0 Å². The minimum absolute atomic E-state index is 0.507. The predicted molar refractivity (Wildman–Crippen MR) is 62.8 cm³/mol. The minimum atomic E-state index is 0.507. The number of allylic oxidation sites excluding steroid dienone is 2. The van der Waals surface area contributed by atoms with Gasteiger partial charge in [-0.05, 0) is 37.7 Å². The Morgan fingerprint density at radius 1 is 1.31 bits per heavy atom. The van der Waals surface area contributed by atoms with E-state index < -0.39 is 0 Å². The van der Waals surface area contributed by atoms with Crippen LogP contribution in [0, 0.1) is 18.8 Å². The van der Waals surface area contributed by atoms with Crippen molar-refractivity contribution in [2.24, 2.45) is 17.6 Å². The fraction of sp³-hybridized carbons (Fsp3) is 0.538. The Balaban J connectivity index is 1.94. The molecule has 0 saturated heterocycles. The highest BCUT2D eigenvalue weighted by Crippen LogP contribution is 2.48. The topological polar surface area (TPSA) is 51.8 Å². The second-order valence-corrected chi connectivity index (χ2v) is 4.92. The van der Waals surface area contributed by atoms with Crippen LogP contribution in [-0.4, -0.2) is 9.97 Å². The van der Waals surface area contributed by atoms with Crippen molar-refractivity contribution in [2.75, 3.05) is 0 Å². The third kappa shape index (κ3) is 1.55. The second kappa shape index (κ2) is 3.67. The van der Waals surface area contributed by atoms with Crippen molar-refractivity contribution in [3.63, 3.8) is 0 Å². The van der Waals surface area contributed by atoms with Gasteiger partial charge in [0.25, 0.3) is 0 Å². The van der Waals surface area contributed by atoms with Crippen LogP contribution >= 0.6 is 0 Å². The molecule has 1 aromatic rings. The molecular formula is C13H17N3. The molecule has 3 heteroatoms. The van der Waals surface area contributed by atoms with Gasteiger partial charge in [-0.25, -0.2) is 9.97 Å². The Hall–Kier alpha value is -1.22. The number of nitrogens with zero attached hydrogens (tertiary/aromatic N) is 2. The average Bonchev–Trinajstić information content (AvgIpc) is 2.89. The minimum Gasteiger partial charge on any atom is -0.325 e. The van der Waals surface area contributed by atoms with Crippen molar-refractivity contribution >= 4 is 0 Å². The van der Waals surface area contributed by atoms with E-state index in [2.05, 4.69) is 28.2 Å². The average molecular weight is 215 g/mol. The van der Waals surface area contributed by atoms with Gasteiger partial charge in [0.15, 0.2) is 0 Å². The largest absolute Gasteiger partial charge is 0.325 e. The second-order valence-electron chi connectivity index (χ2n) is 4.92. The van der Waals surface area contributed by atoms with Crippen molar-refractivity contribution < 1.29 is 0 Å². The number of aryl methyl sites for hydroxylation is 1. The number of nitrogens with two attached hydrogens (primary N) is 1. The van der Waals surface area contributed by atoms with Gasteiger partial charge in [0.2, 0.25) is 0 Å². The SMILES string of the molecule is Cc1nc(CN)cc([C@@H]2C[C@H]3C=C[C@H]2C3)n1. The molecule has 2 bridgehead atoms.